The van der Waals surface area contributed by atoms with E-state index in [0.717, 1.165) is 43.9 Å². The van der Waals surface area contributed by atoms with Crippen molar-refractivity contribution in [3.8, 4) is 17.3 Å². The van der Waals surface area contributed by atoms with Crippen LogP contribution < -0.4 is 10.6 Å². The number of fused-ring (bicyclic) bond motifs is 1. The molecule has 1 amide bonds. The van der Waals surface area contributed by atoms with Gasteiger partial charge in [0.05, 0.1) is 22.2 Å². The Morgan fingerprint density at radius 3 is 2.51 bits per heavy atom. The van der Waals surface area contributed by atoms with E-state index in [0.29, 0.717) is 23.7 Å². The molecular weight excluding hydrogens is 574 g/mol. The fourth-order valence-corrected chi connectivity index (χ4v) is 4.90. The van der Waals surface area contributed by atoms with Crippen molar-refractivity contribution in [2.24, 2.45) is 0 Å². The number of nitrogens with zero attached hydrogens (tertiary/aromatic N) is 3. The number of amides is 1. The van der Waals surface area contributed by atoms with E-state index in [4.69, 9.17) is 21.8 Å². The molecule has 5 aromatic rings. The van der Waals surface area contributed by atoms with Gasteiger partial charge in [0, 0.05) is 41.5 Å². The first-order chi connectivity index (χ1) is 18.9. The van der Waals surface area contributed by atoms with Crippen molar-refractivity contribution in [3.05, 3.63) is 123 Å². The van der Waals surface area contributed by atoms with Crippen LogP contribution in [-0.2, 0) is 13.1 Å². The zero-order valence-electron chi connectivity index (χ0n) is 21.2. The zero-order chi connectivity index (χ0) is 27.4. The Morgan fingerprint density at radius 1 is 1.03 bits per heavy atom. The van der Waals surface area contributed by atoms with E-state index in [9.17, 15) is 4.79 Å². The molecule has 39 heavy (non-hydrogen) atoms. The first-order valence-corrected chi connectivity index (χ1v) is 13.6. The van der Waals surface area contributed by atoms with E-state index in [1.165, 1.54) is 0 Å². The van der Waals surface area contributed by atoms with Gasteiger partial charge in [-0.3, -0.25) is 9.20 Å². The smallest absolute Gasteiger partial charge is 0.251 e. The summed E-state index contributed by atoms with van der Waals surface area (Å²) in [5.74, 6) is 0.468. The average Bonchev–Trinajstić information content (AvgIpc) is 3.35. The van der Waals surface area contributed by atoms with Gasteiger partial charge in [0.15, 0.2) is 5.65 Å². The van der Waals surface area contributed by atoms with Crippen molar-refractivity contribution < 1.29 is 4.79 Å². The summed E-state index contributed by atoms with van der Waals surface area (Å²) in [4.78, 5) is 17.5. The number of hydrogen-bond acceptors (Lipinski definition) is 4. The van der Waals surface area contributed by atoms with E-state index in [2.05, 4.69) is 32.6 Å². The number of nitrogens with one attached hydrogen (secondary N) is 2. The molecule has 8 heteroatoms. The third-order valence-corrected chi connectivity index (χ3v) is 7.46. The Kier molecular flexibility index (Phi) is 7.97. The van der Waals surface area contributed by atoms with Gasteiger partial charge in [0.2, 0.25) is 0 Å². The van der Waals surface area contributed by atoms with Gasteiger partial charge in [0.25, 0.3) is 5.91 Å². The summed E-state index contributed by atoms with van der Waals surface area (Å²) >= 11 is 10.0. The minimum atomic E-state index is -0.260. The molecule has 0 radical (unpaired) electrons. The maximum atomic E-state index is 12.6. The van der Waals surface area contributed by atoms with Crippen LogP contribution in [0, 0.1) is 11.3 Å². The molecule has 6 nitrogen and oxygen atoms in total. The number of nitriles is 1. The van der Waals surface area contributed by atoms with E-state index >= 15 is 0 Å². The fourth-order valence-electron chi connectivity index (χ4n) is 4.27. The summed E-state index contributed by atoms with van der Waals surface area (Å²) in [5, 5.41) is 16.3. The largest absolute Gasteiger partial charge is 0.367 e. The van der Waals surface area contributed by atoms with Gasteiger partial charge < -0.3 is 10.6 Å². The lowest BCUT2D eigenvalue weighted by Crippen LogP contribution is -2.22. The summed E-state index contributed by atoms with van der Waals surface area (Å²) in [5.41, 5.74) is 5.93. The molecule has 0 spiro atoms. The van der Waals surface area contributed by atoms with E-state index < -0.39 is 0 Å². The van der Waals surface area contributed by atoms with E-state index in [1.807, 2.05) is 84.3 Å². The molecule has 0 aliphatic carbocycles. The van der Waals surface area contributed by atoms with Crippen molar-refractivity contribution in [1.82, 2.24) is 14.7 Å². The third-order valence-electron chi connectivity index (χ3n) is 6.51. The minimum absolute atomic E-state index is 0.165. The second kappa shape index (κ2) is 11.7. The van der Waals surface area contributed by atoms with Crippen LogP contribution in [0.2, 0.25) is 5.02 Å². The van der Waals surface area contributed by atoms with Crippen LogP contribution in [0.25, 0.3) is 16.9 Å². The van der Waals surface area contributed by atoms with Crippen LogP contribution >= 0.6 is 27.5 Å². The summed E-state index contributed by atoms with van der Waals surface area (Å²) in [6.07, 6.45) is 1.97. The van der Waals surface area contributed by atoms with Crippen LogP contribution in [0.4, 0.5) is 5.82 Å². The summed E-state index contributed by atoms with van der Waals surface area (Å²) in [7, 11) is 0. The molecule has 0 aliphatic rings. The molecule has 2 heterocycles. The monoisotopic (exact) mass is 597 g/mol. The molecule has 194 valence electrons. The molecule has 1 unspecified atom stereocenters. The molecule has 0 fully saturated rings. The summed E-state index contributed by atoms with van der Waals surface area (Å²) in [6, 6.07) is 29.1. The normalized spacial score (nSPS) is 11.6. The first-order valence-electron chi connectivity index (χ1n) is 12.4. The van der Waals surface area contributed by atoms with Crippen LogP contribution in [0.1, 0.15) is 39.9 Å². The number of hydrogen-bond donors (Lipinski definition) is 2. The van der Waals surface area contributed by atoms with Gasteiger partial charge in [-0.1, -0.05) is 66.2 Å². The number of carbonyl (C=O) groups is 1. The summed E-state index contributed by atoms with van der Waals surface area (Å²) in [6.45, 7) is 2.83. The second-order valence-electron chi connectivity index (χ2n) is 9.19. The number of halogens is 2. The topological polar surface area (TPSA) is 82.2 Å². The second-order valence-corrected chi connectivity index (χ2v) is 10.5. The molecule has 2 N–H and O–H groups in total. The zero-order valence-corrected chi connectivity index (χ0v) is 23.5. The maximum absolute atomic E-state index is 12.6. The predicted octanol–water partition coefficient (Wildman–Crippen LogP) is 7.59. The molecule has 0 saturated carbocycles. The predicted molar refractivity (Wildman–Crippen MR) is 159 cm³/mol. The SMILES string of the molecule is CC(C#N)c1cccc(C(=O)NCc2ccc(CNc3cc(-c4ccccc4Cl)nc4c(Br)ccn34)cc2)c1. The van der Waals surface area contributed by atoms with Gasteiger partial charge in [-0.15, -0.1) is 0 Å². The van der Waals surface area contributed by atoms with Crippen LogP contribution in [0.3, 0.4) is 0 Å². The van der Waals surface area contributed by atoms with Crippen LogP contribution in [0.15, 0.2) is 95.6 Å². The van der Waals surface area contributed by atoms with Gasteiger partial charge in [0.1, 0.15) is 5.82 Å². The molecule has 0 aliphatic heterocycles. The van der Waals surface area contributed by atoms with Crippen molar-refractivity contribution in [1.29, 1.82) is 5.26 Å². The van der Waals surface area contributed by atoms with Gasteiger partial charge in [-0.25, -0.2) is 4.98 Å². The van der Waals surface area contributed by atoms with E-state index in [1.54, 1.807) is 18.2 Å². The highest BCUT2D eigenvalue weighted by molar-refractivity contribution is 9.10. The summed E-state index contributed by atoms with van der Waals surface area (Å²) < 4.78 is 2.90. The Morgan fingerprint density at radius 2 is 1.77 bits per heavy atom. The quantitative estimate of drug-likeness (QED) is 0.193. The standard InChI is InChI=1S/C31H25BrClN5O/c1-20(17-34)23-5-4-6-24(15-23)31(39)36-19-22-11-9-21(10-12-22)18-35-29-16-28(25-7-2-3-8-27(25)33)37-30-26(32)13-14-38(29)30/h2-16,20,35H,18-19H2,1H3,(H,36,39). The molecule has 2 aromatic heterocycles. The average molecular weight is 599 g/mol. The molecule has 1 atom stereocenters. The number of benzene rings is 3. The lowest BCUT2D eigenvalue weighted by molar-refractivity contribution is 0.0951. The number of anilines is 1. The maximum Gasteiger partial charge on any atom is 0.251 e. The molecular formula is C31H25BrClN5O. The van der Waals surface area contributed by atoms with Gasteiger partial charge >= 0.3 is 0 Å². The fraction of sp³-hybridized carbons (Fsp3) is 0.129. The van der Waals surface area contributed by atoms with Crippen molar-refractivity contribution in [2.45, 2.75) is 25.9 Å². The third kappa shape index (κ3) is 5.98. The molecule has 5 rings (SSSR count). The minimum Gasteiger partial charge on any atom is -0.367 e. The van der Waals surface area contributed by atoms with E-state index in [-0.39, 0.29) is 11.8 Å². The molecule has 0 saturated heterocycles. The van der Waals surface area contributed by atoms with Gasteiger partial charge in [-0.2, -0.15) is 5.26 Å². The molecule has 3 aromatic carbocycles. The van der Waals surface area contributed by atoms with Gasteiger partial charge in [-0.05, 0) is 63.8 Å². The van der Waals surface area contributed by atoms with Crippen molar-refractivity contribution >= 4 is 44.9 Å². The Bertz CT molecular complexity index is 1690. The van der Waals surface area contributed by atoms with Crippen LogP contribution in [0.5, 0.6) is 0 Å². The highest BCUT2D eigenvalue weighted by Crippen LogP contribution is 2.31. The van der Waals surface area contributed by atoms with Crippen molar-refractivity contribution in [2.75, 3.05) is 5.32 Å². The Labute approximate surface area is 240 Å². The van der Waals surface area contributed by atoms with Crippen LogP contribution in [-0.4, -0.2) is 15.3 Å². The Balaban J connectivity index is 1.26. The highest BCUT2D eigenvalue weighted by Gasteiger charge is 2.13. The Hall–Kier alpha value is -4.12. The number of rotatable bonds is 8. The lowest BCUT2D eigenvalue weighted by atomic mass is 10.0. The molecule has 0 bridgehead atoms. The first kappa shape index (κ1) is 26.5. The number of aromatic nitrogens is 2. The number of carbonyl (C=O) groups excluding carboxylic acids is 1. The highest BCUT2D eigenvalue weighted by atomic mass is 79.9. The van der Waals surface area contributed by atoms with Crippen molar-refractivity contribution in [3.63, 3.8) is 0 Å². The lowest BCUT2D eigenvalue weighted by Gasteiger charge is -2.13.